The Kier molecular flexibility index (Phi) is 3.51. The van der Waals surface area contributed by atoms with Crippen LogP contribution in [0.1, 0.15) is 15.9 Å². The summed E-state index contributed by atoms with van der Waals surface area (Å²) in [4.78, 5) is 16.4. The van der Waals surface area contributed by atoms with Gasteiger partial charge in [0.1, 0.15) is 11.6 Å². The number of carbonyl (C=O) groups is 1. The second-order valence-electron chi connectivity index (χ2n) is 4.48. The van der Waals surface area contributed by atoms with Gasteiger partial charge in [-0.1, -0.05) is 40.2 Å². The van der Waals surface area contributed by atoms with Gasteiger partial charge in [0.25, 0.3) is 0 Å². The van der Waals surface area contributed by atoms with Crippen molar-refractivity contribution in [3.8, 4) is 0 Å². The molecular formula is C16H8BrF2NO. The van der Waals surface area contributed by atoms with E-state index in [2.05, 4.69) is 20.9 Å². The van der Waals surface area contributed by atoms with Crippen LogP contribution < -0.4 is 0 Å². The highest BCUT2D eigenvalue weighted by Crippen LogP contribution is 2.25. The van der Waals surface area contributed by atoms with Crippen molar-refractivity contribution in [2.45, 2.75) is 0 Å². The lowest BCUT2D eigenvalue weighted by Gasteiger charge is -2.07. The summed E-state index contributed by atoms with van der Waals surface area (Å²) in [5, 5.41) is 1.35. The van der Waals surface area contributed by atoms with Crippen molar-refractivity contribution in [2.24, 2.45) is 0 Å². The minimum Gasteiger partial charge on any atom is -0.288 e. The van der Waals surface area contributed by atoms with Crippen LogP contribution in [0, 0.1) is 11.6 Å². The van der Waals surface area contributed by atoms with Gasteiger partial charge in [-0.3, -0.25) is 9.78 Å². The highest BCUT2D eigenvalue weighted by atomic mass is 79.9. The quantitative estimate of drug-likeness (QED) is 0.638. The average molecular weight is 348 g/mol. The second-order valence-corrected chi connectivity index (χ2v) is 5.40. The molecule has 2 aromatic carbocycles. The Balaban J connectivity index is 2.22. The molecule has 3 aromatic rings. The number of hydrogen-bond acceptors (Lipinski definition) is 2. The van der Waals surface area contributed by atoms with Crippen molar-refractivity contribution in [2.75, 3.05) is 0 Å². The Bertz CT molecular complexity index is 836. The molecule has 3 rings (SSSR count). The first kappa shape index (κ1) is 13.8. The summed E-state index contributed by atoms with van der Waals surface area (Å²) in [6, 6.07) is 9.20. The van der Waals surface area contributed by atoms with Gasteiger partial charge in [-0.2, -0.15) is 0 Å². The van der Waals surface area contributed by atoms with E-state index in [-0.39, 0.29) is 10.0 Å². The third-order valence-corrected chi connectivity index (χ3v) is 3.60. The number of halogens is 3. The first-order valence-electron chi connectivity index (χ1n) is 6.10. The molecule has 0 saturated carbocycles. The standard InChI is InChI=1S/C16H8BrF2NO/c17-10-5-13(18)15(14(19)6-10)16(21)12-8-20-7-9-3-1-2-4-11(9)12/h1-8H. The fourth-order valence-corrected chi connectivity index (χ4v) is 2.59. The summed E-state index contributed by atoms with van der Waals surface area (Å²) in [5.74, 6) is -2.53. The Morgan fingerprint density at radius 3 is 2.43 bits per heavy atom. The van der Waals surface area contributed by atoms with Gasteiger partial charge in [0.15, 0.2) is 0 Å². The van der Waals surface area contributed by atoms with Crippen molar-refractivity contribution in [3.05, 3.63) is 76.0 Å². The fraction of sp³-hybridized carbons (Fsp3) is 0. The van der Waals surface area contributed by atoms with Gasteiger partial charge in [-0.15, -0.1) is 0 Å². The van der Waals surface area contributed by atoms with Gasteiger partial charge in [0, 0.05) is 27.8 Å². The van der Waals surface area contributed by atoms with E-state index in [9.17, 15) is 13.6 Å². The first-order valence-corrected chi connectivity index (χ1v) is 6.89. The molecule has 0 bridgehead atoms. The van der Waals surface area contributed by atoms with Gasteiger partial charge in [-0.05, 0) is 17.5 Å². The number of pyridine rings is 1. The fourth-order valence-electron chi connectivity index (χ4n) is 2.19. The van der Waals surface area contributed by atoms with Crippen molar-refractivity contribution < 1.29 is 13.6 Å². The Labute approximate surface area is 127 Å². The molecule has 104 valence electrons. The van der Waals surface area contributed by atoms with E-state index in [1.165, 1.54) is 6.20 Å². The monoisotopic (exact) mass is 347 g/mol. The molecule has 0 atom stereocenters. The lowest BCUT2D eigenvalue weighted by atomic mass is 9.99. The molecule has 0 aliphatic rings. The molecule has 0 aliphatic heterocycles. The van der Waals surface area contributed by atoms with E-state index in [1.54, 1.807) is 30.5 Å². The molecule has 0 amide bonds. The maximum Gasteiger partial charge on any atom is 0.201 e. The molecule has 0 fully saturated rings. The summed E-state index contributed by atoms with van der Waals surface area (Å²) >= 11 is 2.99. The molecule has 1 heterocycles. The van der Waals surface area contributed by atoms with Crippen molar-refractivity contribution in [3.63, 3.8) is 0 Å². The summed E-state index contributed by atoms with van der Waals surface area (Å²) in [6.07, 6.45) is 2.92. The van der Waals surface area contributed by atoms with Crippen LogP contribution in [0.5, 0.6) is 0 Å². The Morgan fingerprint density at radius 2 is 1.71 bits per heavy atom. The molecular weight excluding hydrogens is 340 g/mol. The van der Waals surface area contributed by atoms with Crippen LogP contribution in [0.15, 0.2) is 53.3 Å². The van der Waals surface area contributed by atoms with Crippen LogP contribution in [0.4, 0.5) is 8.78 Å². The number of fused-ring (bicyclic) bond motifs is 1. The average Bonchev–Trinajstić information content (AvgIpc) is 2.45. The van der Waals surface area contributed by atoms with E-state index in [1.807, 2.05) is 0 Å². The molecule has 0 radical (unpaired) electrons. The first-order chi connectivity index (χ1) is 10.1. The van der Waals surface area contributed by atoms with Gasteiger partial charge in [0.05, 0.1) is 5.56 Å². The van der Waals surface area contributed by atoms with Crippen LogP contribution in [0.3, 0.4) is 0 Å². The Hall–Kier alpha value is -2.14. The van der Waals surface area contributed by atoms with Crippen molar-refractivity contribution >= 4 is 32.5 Å². The number of hydrogen-bond donors (Lipinski definition) is 0. The molecule has 1 aromatic heterocycles. The lowest BCUT2D eigenvalue weighted by Crippen LogP contribution is -2.08. The van der Waals surface area contributed by atoms with Crippen LogP contribution in [-0.4, -0.2) is 10.8 Å². The van der Waals surface area contributed by atoms with Crippen LogP contribution in [-0.2, 0) is 0 Å². The molecule has 0 N–H and O–H groups in total. The van der Waals surface area contributed by atoms with Crippen LogP contribution >= 0.6 is 15.9 Å². The minimum atomic E-state index is -0.903. The molecule has 0 unspecified atom stereocenters. The number of rotatable bonds is 2. The van der Waals surface area contributed by atoms with Gasteiger partial charge in [0.2, 0.25) is 5.78 Å². The van der Waals surface area contributed by atoms with E-state index in [0.29, 0.717) is 5.39 Å². The van der Waals surface area contributed by atoms with Crippen LogP contribution in [0.25, 0.3) is 10.8 Å². The van der Waals surface area contributed by atoms with Crippen molar-refractivity contribution in [1.29, 1.82) is 0 Å². The predicted octanol–water partition coefficient (Wildman–Crippen LogP) is 4.51. The topological polar surface area (TPSA) is 30.0 Å². The molecule has 5 heteroatoms. The summed E-state index contributed by atoms with van der Waals surface area (Å²) < 4.78 is 28.1. The second kappa shape index (κ2) is 5.33. The summed E-state index contributed by atoms with van der Waals surface area (Å²) in [6.45, 7) is 0. The maximum absolute atomic E-state index is 13.9. The largest absolute Gasteiger partial charge is 0.288 e. The van der Waals surface area contributed by atoms with E-state index in [4.69, 9.17) is 0 Å². The van der Waals surface area contributed by atoms with E-state index < -0.39 is 23.0 Å². The number of nitrogens with zero attached hydrogens (tertiary/aromatic N) is 1. The zero-order chi connectivity index (χ0) is 15.0. The smallest absolute Gasteiger partial charge is 0.201 e. The van der Waals surface area contributed by atoms with Gasteiger partial charge in [-0.25, -0.2) is 8.78 Å². The van der Waals surface area contributed by atoms with Crippen LogP contribution in [0.2, 0.25) is 0 Å². The summed E-state index contributed by atoms with van der Waals surface area (Å²) in [5.41, 5.74) is -0.399. The van der Waals surface area contributed by atoms with E-state index in [0.717, 1.165) is 17.5 Å². The minimum absolute atomic E-state index is 0.174. The molecule has 0 spiro atoms. The lowest BCUT2D eigenvalue weighted by molar-refractivity contribution is 0.103. The highest BCUT2D eigenvalue weighted by Gasteiger charge is 2.21. The number of benzene rings is 2. The van der Waals surface area contributed by atoms with Gasteiger partial charge >= 0.3 is 0 Å². The summed E-state index contributed by atoms with van der Waals surface area (Å²) in [7, 11) is 0. The molecule has 2 nitrogen and oxygen atoms in total. The Morgan fingerprint density at radius 1 is 1.05 bits per heavy atom. The number of aromatic nitrogens is 1. The highest BCUT2D eigenvalue weighted by molar-refractivity contribution is 9.10. The zero-order valence-electron chi connectivity index (χ0n) is 10.6. The third kappa shape index (κ3) is 2.45. The van der Waals surface area contributed by atoms with Crippen molar-refractivity contribution in [1.82, 2.24) is 4.98 Å². The molecule has 21 heavy (non-hydrogen) atoms. The van der Waals surface area contributed by atoms with Gasteiger partial charge < -0.3 is 0 Å². The predicted molar refractivity (Wildman–Crippen MR) is 79.2 cm³/mol. The number of carbonyl (C=O) groups excluding carboxylic acids is 1. The molecule has 0 aliphatic carbocycles. The third-order valence-electron chi connectivity index (χ3n) is 3.15. The maximum atomic E-state index is 13.9. The zero-order valence-corrected chi connectivity index (χ0v) is 12.2. The van der Waals surface area contributed by atoms with E-state index >= 15 is 0 Å². The normalized spacial score (nSPS) is 10.8. The SMILES string of the molecule is O=C(c1c(F)cc(Br)cc1F)c1cncc2ccccc12. The molecule has 0 saturated heterocycles. The number of ketones is 1.